The van der Waals surface area contributed by atoms with Crippen LogP contribution in [-0.4, -0.2) is 12.5 Å². The normalized spacial score (nSPS) is 10.6. The van der Waals surface area contributed by atoms with Crippen molar-refractivity contribution >= 4 is 11.6 Å². The Hall–Kier alpha value is -2.61. The molecule has 0 aromatic heterocycles. The maximum Gasteiger partial charge on any atom is 0.258 e. The van der Waals surface area contributed by atoms with Crippen LogP contribution in [0.3, 0.4) is 0 Å². The van der Waals surface area contributed by atoms with E-state index in [4.69, 9.17) is 0 Å². The molecule has 0 N–H and O–H groups in total. The quantitative estimate of drug-likeness (QED) is 0.482. The van der Waals surface area contributed by atoms with Crippen LogP contribution in [-0.2, 0) is 0 Å². The van der Waals surface area contributed by atoms with Crippen molar-refractivity contribution in [2.24, 2.45) is 0 Å². The van der Waals surface area contributed by atoms with Crippen LogP contribution in [0.5, 0.6) is 0 Å². The first kappa shape index (κ1) is 16.8. The Morgan fingerprint density at radius 3 is 2.22 bits per heavy atom. The SMILES string of the molecule is C=CCCCC=CCN(C(=O)c1ccccc1)c1ccccc1. The minimum Gasteiger partial charge on any atom is -0.305 e. The monoisotopic (exact) mass is 305 g/mol. The lowest BCUT2D eigenvalue weighted by atomic mass is 10.1. The minimum atomic E-state index is 0.0209. The number of rotatable bonds is 8. The van der Waals surface area contributed by atoms with Gasteiger partial charge in [-0.1, -0.05) is 54.6 Å². The third-order valence-corrected chi connectivity index (χ3v) is 3.57. The Bertz CT molecular complexity index is 631. The van der Waals surface area contributed by atoms with Crippen molar-refractivity contribution in [1.82, 2.24) is 0 Å². The topological polar surface area (TPSA) is 20.3 Å². The van der Waals surface area contributed by atoms with E-state index >= 15 is 0 Å². The van der Waals surface area contributed by atoms with Gasteiger partial charge in [-0.05, 0) is 43.5 Å². The van der Waals surface area contributed by atoms with Crippen molar-refractivity contribution < 1.29 is 4.79 Å². The fourth-order valence-electron chi connectivity index (χ4n) is 2.33. The Labute approximate surface area is 138 Å². The smallest absolute Gasteiger partial charge is 0.258 e. The summed E-state index contributed by atoms with van der Waals surface area (Å²) in [7, 11) is 0. The molecule has 2 nitrogen and oxygen atoms in total. The second-order valence-electron chi connectivity index (χ2n) is 5.31. The summed E-state index contributed by atoms with van der Waals surface area (Å²) < 4.78 is 0. The molecule has 2 aromatic rings. The van der Waals surface area contributed by atoms with E-state index in [1.807, 2.05) is 66.7 Å². The standard InChI is InChI=1S/C21H23NO/c1-2-3-4-5-6-13-18-22(20-16-11-8-12-17-20)21(23)19-14-9-7-10-15-19/h2,6-17H,1,3-5,18H2. The fourth-order valence-corrected chi connectivity index (χ4v) is 2.33. The molecule has 2 aromatic carbocycles. The summed E-state index contributed by atoms with van der Waals surface area (Å²) in [5, 5.41) is 0. The molecule has 2 heteroatoms. The molecule has 0 radical (unpaired) electrons. The van der Waals surface area contributed by atoms with Crippen LogP contribution in [0.15, 0.2) is 85.5 Å². The maximum atomic E-state index is 12.8. The number of benzene rings is 2. The summed E-state index contributed by atoms with van der Waals surface area (Å²) in [6.07, 6.45) is 9.26. The second-order valence-corrected chi connectivity index (χ2v) is 5.31. The van der Waals surface area contributed by atoms with E-state index in [2.05, 4.69) is 18.7 Å². The van der Waals surface area contributed by atoms with E-state index in [1.54, 1.807) is 4.90 Å². The molecule has 118 valence electrons. The van der Waals surface area contributed by atoms with Gasteiger partial charge < -0.3 is 4.90 Å². The van der Waals surface area contributed by atoms with Crippen molar-refractivity contribution in [2.75, 3.05) is 11.4 Å². The first-order valence-corrected chi connectivity index (χ1v) is 8.01. The Kier molecular flexibility index (Phi) is 6.86. The summed E-state index contributed by atoms with van der Waals surface area (Å²) in [5.41, 5.74) is 1.62. The van der Waals surface area contributed by atoms with Gasteiger partial charge in [-0.2, -0.15) is 0 Å². The predicted molar refractivity (Wildman–Crippen MR) is 97.7 cm³/mol. The van der Waals surface area contributed by atoms with Gasteiger partial charge in [-0.25, -0.2) is 0 Å². The van der Waals surface area contributed by atoms with E-state index in [0.29, 0.717) is 12.1 Å². The number of para-hydroxylation sites is 1. The van der Waals surface area contributed by atoms with Crippen molar-refractivity contribution in [1.29, 1.82) is 0 Å². The van der Waals surface area contributed by atoms with E-state index in [-0.39, 0.29) is 5.91 Å². The number of nitrogens with zero attached hydrogens (tertiary/aromatic N) is 1. The Balaban J connectivity index is 2.10. The first-order valence-electron chi connectivity index (χ1n) is 8.01. The second kappa shape index (κ2) is 9.42. The Morgan fingerprint density at radius 2 is 1.57 bits per heavy atom. The summed E-state index contributed by atoms with van der Waals surface area (Å²) in [6, 6.07) is 19.2. The van der Waals surface area contributed by atoms with Crippen molar-refractivity contribution in [3.8, 4) is 0 Å². The molecule has 0 bridgehead atoms. The molecule has 0 saturated heterocycles. The number of anilines is 1. The molecule has 2 rings (SSSR count). The van der Waals surface area contributed by atoms with Gasteiger partial charge in [0.05, 0.1) is 0 Å². The highest BCUT2D eigenvalue weighted by Gasteiger charge is 2.15. The van der Waals surface area contributed by atoms with E-state index < -0.39 is 0 Å². The molecule has 0 aliphatic carbocycles. The van der Waals surface area contributed by atoms with Crippen LogP contribution in [0, 0.1) is 0 Å². The minimum absolute atomic E-state index is 0.0209. The number of carbonyl (C=O) groups excluding carboxylic acids is 1. The molecule has 0 heterocycles. The van der Waals surface area contributed by atoms with E-state index in [1.165, 1.54) is 0 Å². The molecule has 0 aliphatic rings. The Morgan fingerprint density at radius 1 is 0.913 bits per heavy atom. The largest absolute Gasteiger partial charge is 0.305 e. The van der Waals surface area contributed by atoms with Gasteiger partial charge in [0.2, 0.25) is 0 Å². The van der Waals surface area contributed by atoms with Crippen LogP contribution in [0.4, 0.5) is 5.69 Å². The van der Waals surface area contributed by atoms with Crippen LogP contribution >= 0.6 is 0 Å². The average Bonchev–Trinajstić information content (AvgIpc) is 2.62. The lowest BCUT2D eigenvalue weighted by Gasteiger charge is -2.21. The van der Waals surface area contributed by atoms with Crippen molar-refractivity contribution in [3.63, 3.8) is 0 Å². The zero-order valence-electron chi connectivity index (χ0n) is 13.4. The van der Waals surface area contributed by atoms with Gasteiger partial charge in [0, 0.05) is 17.8 Å². The summed E-state index contributed by atoms with van der Waals surface area (Å²) in [6.45, 7) is 4.30. The number of hydrogen-bond acceptors (Lipinski definition) is 1. The molecular formula is C21H23NO. The number of amides is 1. The average molecular weight is 305 g/mol. The van der Waals surface area contributed by atoms with Gasteiger partial charge in [0.25, 0.3) is 5.91 Å². The van der Waals surface area contributed by atoms with Crippen molar-refractivity contribution in [2.45, 2.75) is 19.3 Å². The maximum absolute atomic E-state index is 12.8. The number of unbranched alkanes of at least 4 members (excludes halogenated alkanes) is 2. The van der Waals surface area contributed by atoms with Crippen LogP contribution in [0.2, 0.25) is 0 Å². The highest BCUT2D eigenvalue weighted by molar-refractivity contribution is 6.06. The van der Waals surface area contributed by atoms with Crippen molar-refractivity contribution in [3.05, 3.63) is 91.0 Å². The lowest BCUT2D eigenvalue weighted by molar-refractivity contribution is 0.0989. The third kappa shape index (κ3) is 5.26. The fraction of sp³-hybridized carbons (Fsp3) is 0.190. The zero-order chi connectivity index (χ0) is 16.3. The highest BCUT2D eigenvalue weighted by atomic mass is 16.2. The van der Waals surface area contributed by atoms with Gasteiger partial charge in [-0.3, -0.25) is 4.79 Å². The third-order valence-electron chi connectivity index (χ3n) is 3.57. The van der Waals surface area contributed by atoms with Gasteiger partial charge in [0.15, 0.2) is 0 Å². The van der Waals surface area contributed by atoms with Crippen LogP contribution in [0.1, 0.15) is 29.6 Å². The molecule has 1 amide bonds. The van der Waals surface area contributed by atoms with E-state index in [0.717, 1.165) is 24.9 Å². The highest BCUT2D eigenvalue weighted by Crippen LogP contribution is 2.17. The molecule has 23 heavy (non-hydrogen) atoms. The summed E-state index contributed by atoms with van der Waals surface area (Å²) in [4.78, 5) is 14.6. The predicted octanol–water partition coefficient (Wildman–Crippen LogP) is 5.25. The van der Waals surface area contributed by atoms with Gasteiger partial charge >= 0.3 is 0 Å². The number of carbonyl (C=O) groups is 1. The van der Waals surface area contributed by atoms with E-state index in [9.17, 15) is 4.79 Å². The molecule has 0 spiro atoms. The summed E-state index contributed by atoms with van der Waals surface area (Å²) in [5.74, 6) is 0.0209. The zero-order valence-corrected chi connectivity index (χ0v) is 13.4. The number of hydrogen-bond donors (Lipinski definition) is 0. The molecule has 0 unspecified atom stereocenters. The van der Waals surface area contributed by atoms with Gasteiger partial charge in [-0.15, -0.1) is 6.58 Å². The lowest BCUT2D eigenvalue weighted by Crippen LogP contribution is -2.31. The van der Waals surface area contributed by atoms with Crippen LogP contribution in [0.25, 0.3) is 0 Å². The molecular weight excluding hydrogens is 282 g/mol. The number of allylic oxidation sites excluding steroid dienone is 2. The molecule has 0 atom stereocenters. The van der Waals surface area contributed by atoms with Gasteiger partial charge in [0.1, 0.15) is 0 Å². The van der Waals surface area contributed by atoms with Crippen LogP contribution < -0.4 is 4.90 Å². The molecule has 0 fully saturated rings. The molecule has 0 saturated carbocycles. The summed E-state index contributed by atoms with van der Waals surface area (Å²) >= 11 is 0. The molecule has 0 aliphatic heterocycles. The first-order chi connectivity index (χ1) is 11.3.